The van der Waals surface area contributed by atoms with Crippen LogP contribution in [0.5, 0.6) is 0 Å². The number of amides is 2. The molecule has 1 aliphatic heterocycles. The summed E-state index contributed by atoms with van der Waals surface area (Å²) < 4.78 is 11.0. The molecule has 0 unspecified atom stereocenters. The van der Waals surface area contributed by atoms with Crippen LogP contribution in [0.3, 0.4) is 0 Å². The van der Waals surface area contributed by atoms with Gasteiger partial charge in [0.2, 0.25) is 5.91 Å². The van der Waals surface area contributed by atoms with Crippen molar-refractivity contribution in [2.24, 2.45) is 0 Å². The first kappa shape index (κ1) is 22.3. The average molecular weight is 424 g/mol. The summed E-state index contributed by atoms with van der Waals surface area (Å²) in [5.41, 5.74) is 1.91. The minimum atomic E-state index is -0.426. The molecule has 0 saturated carbocycles. The van der Waals surface area contributed by atoms with Gasteiger partial charge in [-0.2, -0.15) is 0 Å². The van der Waals surface area contributed by atoms with Gasteiger partial charge in [-0.3, -0.25) is 9.59 Å². The van der Waals surface area contributed by atoms with Crippen LogP contribution in [-0.4, -0.2) is 35.8 Å². The lowest BCUT2D eigenvalue weighted by molar-refractivity contribution is -0.140. The Morgan fingerprint density at radius 2 is 1.90 bits per heavy atom. The normalized spacial score (nSPS) is 16.4. The molecule has 1 atom stereocenters. The zero-order chi connectivity index (χ0) is 22.4. The van der Waals surface area contributed by atoms with Crippen LogP contribution in [0.25, 0.3) is 0 Å². The fourth-order valence-corrected chi connectivity index (χ4v) is 3.71. The Balaban J connectivity index is 1.89. The maximum atomic E-state index is 13.0. The molecule has 2 aromatic rings. The highest BCUT2D eigenvalue weighted by atomic mass is 16.5. The fourth-order valence-electron chi connectivity index (χ4n) is 3.71. The number of esters is 1. The van der Waals surface area contributed by atoms with E-state index >= 15 is 0 Å². The van der Waals surface area contributed by atoms with Crippen LogP contribution in [0.4, 0.5) is 0 Å². The first-order valence-electron chi connectivity index (χ1n) is 10.6. The average Bonchev–Trinajstić information content (AvgIpc) is 3.24. The molecule has 1 aromatic heterocycles. The van der Waals surface area contributed by atoms with E-state index in [1.54, 1.807) is 26.0 Å². The van der Waals surface area contributed by atoms with Crippen molar-refractivity contribution in [3.8, 4) is 0 Å². The number of ether oxygens (including phenoxy) is 1. The largest absolute Gasteiger partial charge is 0.463 e. The number of benzene rings is 1. The van der Waals surface area contributed by atoms with Gasteiger partial charge in [-0.25, -0.2) is 4.79 Å². The second-order valence-electron chi connectivity index (χ2n) is 7.39. The zero-order valence-electron chi connectivity index (χ0n) is 18.1. The maximum Gasteiger partial charge on any atom is 0.336 e. The molecular weight excluding hydrogens is 396 g/mol. The second kappa shape index (κ2) is 10.1. The van der Waals surface area contributed by atoms with E-state index in [9.17, 15) is 14.4 Å². The number of carbonyl (C=O) groups is 3. The van der Waals surface area contributed by atoms with Gasteiger partial charge in [0, 0.05) is 24.6 Å². The van der Waals surface area contributed by atoms with Crippen LogP contribution in [0, 0.1) is 0 Å². The Morgan fingerprint density at radius 1 is 1.16 bits per heavy atom. The van der Waals surface area contributed by atoms with Crippen LogP contribution in [-0.2, 0) is 20.9 Å². The van der Waals surface area contributed by atoms with Gasteiger partial charge in [-0.15, -0.1) is 0 Å². The molecule has 164 valence electrons. The van der Waals surface area contributed by atoms with Gasteiger partial charge in [-0.05, 0) is 38.0 Å². The topological polar surface area (TPSA) is 88.9 Å². The summed E-state index contributed by atoms with van der Waals surface area (Å²) in [5.74, 6) is -0.533. The SMILES string of the molecule is CCCNC(=O)c1ccc(CN2C(=O)C[C@@H](c3ccccc3)C(C(=O)OCC)=C2C)o1. The number of hydrogen-bond donors (Lipinski definition) is 1. The zero-order valence-corrected chi connectivity index (χ0v) is 18.1. The molecule has 0 aliphatic carbocycles. The van der Waals surface area contributed by atoms with Gasteiger partial charge in [0.05, 0.1) is 18.7 Å². The van der Waals surface area contributed by atoms with Gasteiger partial charge in [0.25, 0.3) is 5.91 Å². The van der Waals surface area contributed by atoms with Gasteiger partial charge < -0.3 is 19.4 Å². The number of nitrogens with zero attached hydrogens (tertiary/aromatic N) is 1. The summed E-state index contributed by atoms with van der Waals surface area (Å²) >= 11 is 0. The van der Waals surface area contributed by atoms with E-state index < -0.39 is 5.97 Å². The van der Waals surface area contributed by atoms with Crippen molar-refractivity contribution in [3.05, 3.63) is 70.8 Å². The first-order valence-corrected chi connectivity index (χ1v) is 10.6. The number of rotatable bonds is 8. The van der Waals surface area contributed by atoms with Crippen LogP contribution in [0.1, 0.15) is 61.4 Å². The van der Waals surface area contributed by atoms with Crippen molar-refractivity contribution in [1.82, 2.24) is 10.2 Å². The van der Waals surface area contributed by atoms with Crippen molar-refractivity contribution in [1.29, 1.82) is 0 Å². The summed E-state index contributed by atoms with van der Waals surface area (Å²) in [5, 5.41) is 2.76. The van der Waals surface area contributed by atoms with Crippen molar-refractivity contribution in [2.75, 3.05) is 13.2 Å². The Hall–Kier alpha value is -3.35. The molecule has 0 bridgehead atoms. The quantitative estimate of drug-likeness (QED) is 0.652. The summed E-state index contributed by atoms with van der Waals surface area (Å²) in [7, 11) is 0. The third kappa shape index (κ3) is 5.05. The van der Waals surface area contributed by atoms with E-state index in [0.29, 0.717) is 23.6 Å². The highest BCUT2D eigenvalue weighted by molar-refractivity contribution is 5.96. The molecule has 31 heavy (non-hydrogen) atoms. The molecule has 1 aliphatic rings. The minimum Gasteiger partial charge on any atom is -0.463 e. The Labute approximate surface area is 182 Å². The predicted molar refractivity (Wildman–Crippen MR) is 115 cm³/mol. The van der Waals surface area contributed by atoms with Gasteiger partial charge >= 0.3 is 5.97 Å². The minimum absolute atomic E-state index is 0.118. The molecule has 0 saturated heterocycles. The molecule has 0 spiro atoms. The van der Waals surface area contributed by atoms with Crippen LogP contribution < -0.4 is 5.32 Å². The van der Waals surface area contributed by atoms with E-state index in [1.165, 1.54) is 4.90 Å². The van der Waals surface area contributed by atoms with Crippen molar-refractivity contribution in [3.63, 3.8) is 0 Å². The van der Waals surface area contributed by atoms with Gasteiger partial charge in [0.15, 0.2) is 5.76 Å². The van der Waals surface area contributed by atoms with Crippen LogP contribution >= 0.6 is 0 Å². The summed E-state index contributed by atoms with van der Waals surface area (Å²) in [6, 6.07) is 12.8. The summed E-state index contributed by atoms with van der Waals surface area (Å²) in [4.78, 5) is 39.4. The van der Waals surface area contributed by atoms with E-state index in [1.807, 2.05) is 37.3 Å². The van der Waals surface area contributed by atoms with Gasteiger partial charge in [-0.1, -0.05) is 37.3 Å². The van der Waals surface area contributed by atoms with Crippen molar-refractivity contribution < 1.29 is 23.5 Å². The second-order valence-corrected chi connectivity index (χ2v) is 7.39. The number of carbonyl (C=O) groups excluding carboxylic acids is 3. The number of allylic oxidation sites excluding steroid dienone is 1. The fraction of sp³-hybridized carbons (Fsp3) is 0.375. The summed E-state index contributed by atoms with van der Waals surface area (Å²) in [6.45, 7) is 6.41. The molecule has 1 aromatic carbocycles. The monoisotopic (exact) mass is 424 g/mol. The van der Waals surface area contributed by atoms with E-state index in [0.717, 1.165) is 12.0 Å². The molecule has 1 N–H and O–H groups in total. The van der Waals surface area contributed by atoms with Crippen molar-refractivity contribution in [2.45, 2.75) is 46.1 Å². The van der Waals surface area contributed by atoms with Crippen LogP contribution in [0.2, 0.25) is 0 Å². The molecule has 2 amide bonds. The van der Waals surface area contributed by atoms with Crippen molar-refractivity contribution >= 4 is 17.8 Å². The van der Waals surface area contributed by atoms with E-state index in [2.05, 4.69) is 5.32 Å². The summed E-state index contributed by atoms with van der Waals surface area (Å²) in [6.07, 6.45) is 0.977. The maximum absolute atomic E-state index is 13.0. The lowest BCUT2D eigenvalue weighted by atomic mass is 9.83. The Kier molecular flexibility index (Phi) is 7.28. The highest BCUT2D eigenvalue weighted by Crippen LogP contribution is 2.37. The molecule has 2 heterocycles. The van der Waals surface area contributed by atoms with E-state index in [4.69, 9.17) is 9.15 Å². The highest BCUT2D eigenvalue weighted by Gasteiger charge is 2.37. The first-order chi connectivity index (χ1) is 15.0. The molecule has 7 heteroatoms. The Morgan fingerprint density at radius 3 is 2.58 bits per heavy atom. The molecule has 3 rings (SSSR count). The predicted octanol–water partition coefficient (Wildman–Crippen LogP) is 3.77. The number of furan rings is 1. The third-order valence-corrected chi connectivity index (χ3v) is 5.26. The number of hydrogen-bond acceptors (Lipinski definition) is 5. The third-order valence-electron chi connectivity index (χ3n) is 5.26. The van der Waals surface area contributed by atoms with Gasteiger partial charge in [0.1, 0.15) is 5.76 Å². The molecular formula is C24H28N2O5. The van der Waals surface area contributed by atoms with E-state index in [-0.39, 0.29) is 43.1 Å². The lowest BCUT2D eigenvalue weighted by Crippen LogP contribution is -2.38. The molecule has 7 nitrogen and oxygen atoms in total. The molecule has 0 fully saturated rings. The Bertz CT molecular complexity index is 977. The lowest BCUT2D eigenvalue weighted by Gasteiger charge is -2.34. The standard InChI is InChI=1S/C24H28N2O5/c1-4-13-25-23(28)20-12-11-18(31-20)15-26-16(3)22(24(29)30-5-2)19(14-21(26)27)17-9-7-6-8-10-17/h6-12,19H,4-5,13-15H2,1-3H3,(H,25,28)/t19-/m0/s1. The number of nitrogens with one attached hydrogen (secondary N) is 1. The van der Waals surface area contributed by atoms with Crippen LogP contribution in [0.15, 0.2) is 58.2 Å². The smallest absolute Gasteiger partial charge is 0.336 e. The molecule has 0 radical (unpaired) electrons.